The summed E-state index contributed by atoms with van der Waals surface area (Å²) in [6.45, 7) is 2.71. The Balaban J connectivity index is 2.11. The molecule has 0 saturated heterocycles. The lowest BCUT2D eigenvalue weighted by Crippen LogP contribution is -2.07. The molecule has 2 aromatic rings. The molecule has 0 radical (unpaired) electrons. The Hall–Kier alpha value is -1.39. The van der Waals surface area contributed by atoms with Crippen molar-refractivity contribution in [2.24, 2.45) is 5.73 Å². The summed E-state index contributed by atoms with van der Waals surface area (Å²) < 4.78 is 0.968. The lowest BCUT2D eigenvalue weighted by molar-refractivity contribution is 0.880. The van der Waals surface area contributed by atoms with Crippen LogP contribution in [0.5, 0.6) is 0 Å². The van der Waals surface area contributed by atoms with E-state index < -0.39 is 0 Å². The van der Waals surface area contributed by atoms with Crippen molar-refractivity contribution in [3.05, 3.63) is 58.3 Å². The summed E-state index contributed by atoms with van der Waals surface area (Å²) in [4.78, 5) is 4.05. The molecule has 0 aliphatic carbocycles. The van der Waals surface area contributed by atoms with Crippen LogP contribution in [0.3, 0.4) is 0 Å². The van der Waals surface area contributed by atoms with Crippen molar-refractivity contribution < 1.29 is 0 Å². The second-order valence-electron chi connectivity index (χ2n) is 4.17. The quantitative estimate of drug-likeness (QED) is 0.909. The first-order valence-electron chi connectivity index (χ1n) is 5.85. The number of pyridine rings is 1. The van der Waals surface area contributed by atoms with E-state index in [1.165, 1.54) is 5.56 Å². The molecule has 1 atom stereocenters. The lowest BCUT2D eigenvalue weighted by atomic mass is 10.1. The van der Waals surface area contributed by atoms with Gasteiger partial charge >= 0.3 is 0 Å². The topological polar surface area (TPSA) is 50.9 Å². The minimum absolute atomic E-state index is 0.232. The average Bonchev–Trinajstić information content (AvgIpc) is 2.41. The van der Waals surface area contributed by atoms with Gasteiger partial charge in [0.05, 0.1) is 10.2 Å². The van der Waals surface area contributed by atoms with Crippen molar-refractivity contribution in [2.75, 3.05) is 5.32 Å². The maximum atomic E-state index is 5.59. The highest BCUT2D eigenvalue weighted by atomic mass is 79.9. The highest BCUT2D eigenvalue weighted by Gasteiger charge is 2.07. The van der Waals surface area contributed by atoms with Gasteiger partial charge in [0.25, 0.3) is 0 Å². The van der Waals surface area contributed by atoms with Crippen molar-refractivity contribution in [2.45, 2.75) is 19.5 Å². The highest BCUT2D eigenvalue weighted by molar-refractivity contribution is 9.10. The molecule has 2 rings (SSSR count). The van der Waals surface area contributed by atoms with Crippen LogP contribution in [0.4, 0.5) is 5.69 Å². The van der Waals surface area contributed by atoms with Crippen molar-refractivity contribution in [1.82, 2.24) is 4.98 Å². The number of anilines is 1. The molecule has 1 aromatic carbocycles. The van der Waals surface area contributed by atoms with Gasteiger partial charge in [0.2, 0.25) is 0 Å². The van der Waals surface area contributed by atoms with E-state index in [1.54, 1.807) is 12.4 Å². The van der Waals surface area contributed by atoms with Crippen LogP contribution in [0, 0.1) is 0 Å². The molecule has 94 valence electrons. The van der Waals surface area contributed by atoms with E-state index in [0.29, 0.717) is 6.54 Å². The van der Waals surface area contributed by atoms with E-state index in [-0.39, 0.29) is 6.04 Å². The summed E-state index contributed by atoms with van der Waals surface area (Å²) in [6.07, 6.45) is 3.56. The maximum Gasteiger partial charge on any atom is 0.0590 e. The van der Waals surface area contributed by atoms with E-state index in [4.69, 9.17) is 5.73 Å². The number of nitrogens with one attached hydrogen (secondary N) is 1. The number of benzene rings is 1. The van der Waals surface area contributed by atoms with Crippen LogP contribution in [-0.2, 0) is 6.54 Å². The van der Waals surface area contributed by atoms with E-state index in [9.17, 15) is 0 Å². The number of halogens is 1. The minimum Gasteiger partial charge on any atom is -0.378 e. The minimum atomic E-state index is 0.232. The summed E-state index contributed by atoms with van der Waals surface area (Å²) in [5, 5.41) is 3.45. The Morgan fingerprint density at radius 3 is 2.61 bits per heavy atom. The van der Waals surface area contributed by atoms with Gasteiger partial charge in [0.15, 0.2) is 0 Å². The number of nitrogens with zero attached hydrogens (tertiary/aromatic N) is 1. The van der Waals surface area contributed by atoms with Crippen LogP contribution in [0.15, 0.2) is 47.2 Å². The summed E-state index contributed by atoms with van der Waals surface area (Å²) in [5.41, 5.74) is 9.01. The van der Waals surface area contributed by atoms with Gasteiger partial charge in [-0.05, 0) is 40.0 Å². The molecule has 0 bridgehead atoms. The second kappa shape index (κ2) is 5.98. The van der Waals surface area contributed by atoms with Crippen LogP contribution in [0.2, 0.25) is 0 Å². The number of rotatable bonds is 4. The van der Waals surface area contributed by atoms with Gasteiger partial charge in [-0.3, -0.25) is 4.98 Å². The Kier molecular flexibility index (Phi) is 4.33. The zero-order chi connectivity index (χ0) is 13.0. The molecule has 0 fully saturated rings. The van der Waals surface area contributed by atoms with Crippen molar-refractivity contribution in [3.8, 4) is 0 Å². The molecule has 0 saturated carbocycles. The largest absolute Gasteiger partial charge is 0.378 e. The molecule has 1 heterocycles. The van der Waals surface area contributed by atoms with Crippen molar-refractivity contribution in [3.63, 3.8) is 0 Å². The summed E-state index contributed by atoms with van der Waals surface area (Å²) >= 11 is 3.48. The van der Waals surface area contributed by atoms with Crippen LogP contribution in [-0.4, -0.2) is 4.98 Å². The zero-order valence-electron chi connectivity index (χ0n) is 10.2. The Morgan fingerprint density at radius 2 is 2.00 bits per heavy atom. The summed E-state index contributed by atoms with van der Waals surface area (Å²) in [6, 6.07) is 10.5. The van der Waals surface area contributed by atoms with Gasteiger partial charge in [0.1, 0.15) is 0 Å². The lowest BCUT2D eigenvalue weighted by Gasteiger charge is -2.17. The van der Waals surface area contributed by atoms with Crippen LogP contribution >= 0.6 is 15.9 Å². The van der Waals surface area contributed by atoms with Crippen LogP contribution in [0.25, 0.3) is 0 Å². The number of hydrogen-bond donors (Lipinski definition) is 2. The van der Waals surface area contributed by atoms with Crippen LogP contribution in [0.1, 0.15) is 24.1 Å². The molecule has 1 unspecified atom stereocenters. The molecule has 0 aliphatic heterocycles. The average molecular weight is 306 g/mol. The maximum absolute atomic E-state index is 5.59. The van der Waals surface area contributed by atoms with Crippen LogP contribution < -0.4 is 11.1 Å². The molecule has 4 heteroatoms. The van der Waals surface area contributed by atoms with Gasteiger partial charge in [-0.2, -0.15) is 0 Å². The number of hydrogen-bond acceptors (Lipinski definition) is 3. The Bertz CT molecular complexity index is 511. The first-order valence-corrected chi connectivity index (χ1v) is 6.65. The highest BCUT2D eigenvalue weighted by Crippen LogP contribution is 2.25. The van der Waals surface area contributed by atoms with Crippen molar-refractivity contribution >= 4 is 21.6 Å². The van der Waals surface area contributed by atoms with Crippen molar-refractivity contribution in [1.29, 1.82) is 0 Å². The Labute approximate surface area is 116 Å². The van der Waals surface area contributed by atoms with E-state index in [2.05, 4.69) is 57.4 Å². The predicted octanol–water partition coefficient (Wildman–Crippen LogP) is 3.48. The number of nitrogens with two attached hydrogens (primary N) is 1. The molecule has 3 nitrogen and oxygen atoms in total. The molecule has 1 aromatic heterocycles. The third-order valence-corrected chi connectivity index (χ3v) is 3.49. The standard InChI is InChI=1S/C14H16BrN3/c1-10(12-4-2-11(8-16)3-5-12)18-14-6-7-17-9-13(14)15/h2-7,9-10H,8,16H2,1H3,(H,17,18). The predicted molar refractivity (Wildman–Crippen MR) is 78.3 cm³/mol. The van der Waals surface area contributed by atoms with Gasteiger partial charge in [-0.15, -0.1) is 0 Å². The smallest absolute Gasteiger partial charge is 0.0590 e. The van der Waals surface area contributed by atoms with E-state index >= 15 is 0 Å². The fraction of sp³-hybridized carbons (Fsp3) is 0.214. The molecular formula is C14H16BrN3. The molecular weight excluding hydrogens is 290 g/mol. The van der Waals surface area contributed by atoms with E-state index in [0.717, 1.165) is 15.7 Å². The summed E-state index contributed by atoms with van der Waals surface area (Å²) in [5.74, 6) is 0. The zero-order valence-corrected chi connectivity index (χ0v) is 11.8. The fourth-order valence-electron chi connectivity index (χ4n) is 1.75. The Morgan fingerprint density at radius 1 is 1.28 bits per heavy atom. The SMILES string of the molecule is CC(Nc1ccncc1Br)c1ccc(CN)cc1. The van der Waals surface area contributed by atoms with Gasteiger partial charge in [-0.25, -0.2) is 0 Å². The molecule has 0 aliphatic rings. The van der Waals surface area contributed by atoms with E-state index in [1.807, 2.05) is 6.07 Å². The first-order chi connectivity index (χ1) is 8.70. The first kappa shape index (κ1) is 13.1. The normalized spacial score (nSPS) is 12.2. The second-order valence-corrected chi connectivity index (χ2v) is 5.02. The van der Waals surface area contributed by atoms with Gasteiger partial charge in [0, 0.05) is 25.0 Å². The monoisotopic (exact) mass is 305 g/mol. The molecule has 18 heavy (non-hydrogen) atoms. The molecule has 0 spiro atoms. The fourth-order valence-corrected chi connectivity index (χ4v) is 2.12. The third-order valence-electron chi connectivity index (χ3n) is 2.86. The molecule has 3 N–H and O–H groups in total. The van der Waals surface area contributed by atoms with Gasteiger partial charge < -0.3 is 11.1 Å². The third kappa shape index (κ3) is 3.09. The molecule has 0 amide bonds. The summed E-state index contributed by atoms with van der Waals surface area (Å²) in [7, 11) is 0. The number of aromatic nitrogens is 1. The van der Waals surface area contributed by atoms with Gasteiger partial charge in [-0.1, -0.05) is 24.3 Å².